The van der Waals surface area contributed by atoms with Crippen molar-refractivity contribution in [3.63, 3.8) is 0 Å². The van der Waals surface area contributed by atoms with Gasteiger partial charge in [-0.2, -0.15) is 0 Å². The monoisotopic (exact) mass is 320 g/mol. The van der Waals surface area contributed by atoms with Crippen LogP contribution in [-0.2, 0) is 11.3 Å². The molecule has 6 heteroatoms. The number of anilines is 1. The summed E-state index contributed by atoms with van der Waals surface area (Å²) >= 11 is 7.09. The minimum atomic E-state index is -0.376. The zero-order chi connectivity index (χ0) is 14.8. The predicted molar refractivity (Wildman–Crippen MR) is 85.8 cm³/mol. The lowest BCUT2D eigenvalue weighted by Crippen LogP contribution is -2.51. The van der Waals surface area contributed by atoms with E-state index in [0.717, 1.165) is 0 Å². The molecule has 3 nitrogen and oxygen atoms in total. The van der Waals surface area contributed by atoms with Crippen LogP contribution in [0.2, 0.25) is 0 Å². The van der Waals surface area contributed by atoms with Crippen molar-refractivity contribution in [1.82, 2.24) is 4.90 Å². The van der Waals surface area contributed by atoms with E-state index in [1.165, 1.54) is 21.9 Å². The second-order valence-corrected chi connectivity index (χ2v) is 6.14. The average Bonchev–Trinajstić information content (AvgIpc) is 2.95. The van der Waals surface area contributed by atoms with E-state index < -0.39 is 0 Å². The fourth-order valence-corrected chi connectivity index (χ4v) is 3.38. The number of nitrogens with zero attached hydrogens (tertiary/aromatic N) is 2. The van der Waals surface area contributed by atoms with Crippen molar-refractivity contribution >= 4 is 40.3 Å². The van der Waals surface area contributed by atoms with Gasteiger partial charge in [-0.3, -0.25) is 9.69 Å². The molecular weight excluding hydrogens is 307 g/mol. The Morgan fingerprint density at radius 2 is 2.14 bits per heavy atom. The van der Waals surface area contributed by atoms with Gasteiger partial charge in [0, 0.05) is 17.8 Å². The quantitative estimate of drug-likeness (QED) is 0.810. The molecule has 0 spiro atoms. The highest BCUT2D eigenvalue weighted by molar-refractivity contribution is 7.80. The van der Waals surface area contributed by atoms with Crippen LogP contribution in [0.5, 0.6) is 0 Å². The van der Waals surface area contributed by atoms with Crippen LogP contribution in [0.4, 0.5) is 10.1 Å². The van der Waals surface area contributed by atoms with Gasteiger partial charge in [-0.25, -0.2) is 4.39 Å². The number of carbonyl (C=O) groups excluding carboxylic acids is 1. The maximum absolute atomic E-state index is 13.4. The van der Waals surface area contributed by atoms with Crippen LogP contribution < -0.4 is 4.90 Å². The number of halogens is 1. The molecule has 1 aromatic heterocycles. The van der Waals surface area contributed by atoms with Crippen molar-refractivity contribution in [3.8, 4) is 0 Å². The molecule has 3 rings (SSSR count). The first-order valence-electron chi connectivity index (χ1n) is 6.55. The summed E-state index contributed by atoms with van der Waals surface area (Å²) in [5.74, 6) is -0.466. The Labute approximate surface area is 131 Å². The second-order valence-electron chi connectivity index (χ2n) is 4.74. The van der Waals surface area contributed by atoms with Crippen molar-refractivity contribution in [2.45, 2.75) is 13.0 Å². The second kappa shape index (κ2) is 5.91. The molecule has 0 unspecified atom stereocenters. The van der Waals surface area contributed by atoms with Gasteiger partial charge >= 0.3 is 0 Å². The van der Waals surface area contributed by atoms with E-state index >= 15 is 0 Å². The topological polar surface area (TPSA) is 23.6 Å². The maximum atomic E-state index is 13.4. The lowest BCUT2D eigenvalue weighted by Gasteiger charge is -2.36. The maximum Gasteiger partial charge on any atom is 0.235 e. The zero-order valence-electron chi connectivity index (χ0n) is 11.2. The number of carbonyl (C=O) groups is 1. The van der Waals surface area contributed by atoms with Crippen LogP contribution >= 0.6 is 23.6 Å². The molecule has 0 radical (unpaired) electrons. The Kier molecular flexibility index (Phi) is 3.98. The van der Waals surface area contributed by atoms with E-state index in [0.29, 0.717) is 30.3 Å². The van der Waals surface area contributed by atoms with Crippen LogP contribution in [0.25, 0.3) is 0 Å². The van der Waals surface area contributed by atoms with E-state index in [2.05, 4.69) is 0 Å². The Morgan fingerprint density at radius 3 is 2.86 bits per heavy atom. The van der Waals surface area contributed by atoms with Gasteiger partial charge in [-0.1, -0.05) is 12.1 Å². The SMILES string of the molecule is O=C1CCN(Cc2cccs2)C(=S)N1c1cccc(F)c1. The van der Waals surface area contributed by atoms with Gasteiger partial charge < -0.3 is 4.90 Å². The highest BCUT2D eigenvalue weighted by atomic mass is 32.1. The normalized spacial score (nSPS) is 15.7. The molecule has 1 aromatic carbocycles. The molecule has 2 aromatic rings. The third-order valence-electron chi connectivity index (χ3n) is 3.30. The number of hydrogen-bond donors (Lipinski definition) is 0. The van der Waals surface area contributed by atoms with Gasteiger partial charge in [-0.05, 0) is 41.9 Å². The molecule has 21 heavy (non-hydrogen) atoms. The van der Waals surface area contributed by atoms with E-state index in [-0.39, 0.29) is 11.7 Å². The third-order valence-corrected chi connectivity index (χ3v) is 4.60. The van der Waals surface area contributed by atoms with Gasteiger partial charge in [0.05, 0.1) is 12.2 Å². The molecule has 2 heterocycles. The minimum Gasteiger partial charge on any atom is -0.343 e. The number of amides is 1. The van der Waals surface area contributed by atoms with Crippen molar-refractivity contribution in [2.24, 2.45) is 0 Å². The predicted octanol–water partition coefficient (Wildman–Crippen LogP) is 3.41. The molecule has 1 amide bonds. The van der Waals surface area contributed by atoms with Gasteiger partial charge in [0.2, 0.25) is 5.91 Å². The number of rotatable bonds is 3. The molecule has 1 aliphatic heterocycles. The first-order valence-corrected chi connectivity index (χ1v) is 7.84. The molecule has 1 fully saturated rings. The molecule has 0 N–H and O–H groups in total. The minimum absolute atomic E-state index is 0.0898. The van der Waals surface area contributed by atoms with Gasteiger partial charge in [0.1, 0.15) is 5.82 Å². The molecule has 0 bridgehead atoms. The molecular formula is C15H13FN2OS2. The number of thiophene rings is 1. The van der Waals surface area contributed by atoms with Crippen LogP contribution in [0.1, 0.15) is 11.3 Å². The highest BCUT2D eigenvalue weighted by Crippen LogP contribution is 2.24. The summed E-state index contributed by atoms with van der Waals surface area (Å²) in [6, 6.07) is 9.99. The Balaban J connectivity index is 1.85. The first-order chi connectivity index (χ1) is 10.1. The van der Waals surface area contributed by atoms with Crippen molar-refractivity contribution in [3.05, 3.63) is 52.5 Å². The van der Waals surface area contributed by atoms with Crippen molar-refractivity contribution < 1.29 is 9.18 Å². The van der Waals surface area contributed by atoms with Gasteiger partial charge in [0.25, 0.3) is 0 Å². The van der Waals surface area contributed by atoms with Gasteiger partial charge in [-0.15, -0.1) is 11.3 Å². The molecule has 0 saturated carbocycles. The Bertz CT molecular complexity index is 672. The van der Waals surface area contributed by atoms with Crippen LogP contribution in [0, 0.1) is 5.82 Å². The zero-order valence-corrected chi connectivity index (χ0v) is 12.8. The summed E-state index contributed by atoms with van der Waals surface area (Å²) in [6.07, 6.45) is 0.377. The Hall–Kier alpha value is -1.79. The molecule has 1 saturated heterocycles. The standard InChI is InChI=1S/C15H13FN2OS2/c16-11-3-1-4-12(9-11)18-14(19)6-7-17(15(18)20)10-13-5-2-8-21-13/h1-5,8-9H,6-7,10H2. The fraction of sp³-hybridized carbons (Fsp3) is 0.200. The molecule has 1 aliphatic rings. The first kappa shape index (κ1) is 14.2. The number of benzene rings is 1. The molecule has 0 atom stereocenters. The van der Waals surface area contributed by atoms with Crippen LogP contribution in [-0.4, -0.2) is 22.5 Å². The smallest absolute Gasteiger partial charge is 0.235 e. The van der Waals surface area contributed by atoms with Crippen LogP contribution in [0.15, 0.2) is 41.8 Å². The van der Waals surface area contributed by atoms with Crippen molar-refractivity contribution in [1.29, 1.82) is 0 Å². The lowest BCUT2D eigenvalue weighted by molar-refractivity contribution is -0.118. The molecule has 108 valence electrons. The van der Waals surface area contributed by atoms with E-state index in [4.69, 9.17) is 12.2 Å². The van der Waals surface area contributed by atoms with E-state index in [1.54, 1.807) is 23.5 Å². The summed E-state index contributed by atoms with van der Waals surface area (Å²) in [5.41, 5.74) is 0.487. The summed E-state index contributed by atoms with van der Waals surface area (Å²) < 4.78 is 13.4. The van der Waals surface area contributed by atoms with E-state index in [1.807, 2.05) is 22.4 Å². The summed E-state index contributed by atoms with van der Waals surface area (Å²) in [5, 5.41) is 2.45. The van der Waals surface area contributed by atoms with Crippen LogP contribution in [0.3, 0.4) is 0 Å². The van der Waals surface area contributed by atoms with Crippen molar-refractivity contribution in [2.75, 3.05) is 11.4 Å². The number of thiocarbonyl (C=S) groups is 1. The lowest BCUT2D eigenvalue weighted by atomic mass is 10.2. The van der Waals surface area contributed by atoms with Gasteiger partial charge in [0.15, 0.2) is 5.11 Å². The largest absolute Gasteiger partial charge is 0.343 e. The third kappa shape index (κ3) is 2.96. The average molecular weight is 320 g/mol. The summed E-state index contributed by atoms with van der Waals surface area (Å²) in [7, 11) is 0. The summed E-state index contributed by atoms with van der Waals surface area (Å²) in [4.78, 5) is 16.7. The summed E-state index contributed by atoms with van der Waals surface area (Å²) in [6.45, 7) is 1.27. The highest BCUT2D eigenvalue weighted by Gasteiger charge is 2.30. The fourth-order valence-electron chi connectivity index (χ4n) is 2.29. The Morgan fingerprint density at radius 1 is 1.29 bits per heavy atom. The molecule has 0 aliphatic carbocycles. The van der Waals surface area contributed by atoms with E-state index in [9.17, 15) is 9.18 Å². The number of hydrogen-bond acceptors (Lipinski definition) is 3.